The van der Waals surface area contributed by atoms with Crippen LogP contribution in [0.2, 0.25) is 0 Å². The average molecular weight is 313 g/mol. The van der Waals surface area contributed by atoms with Crippen LogP contribution in [0.1, 0.15) is 39.5 Å². The van der Waals surface area contributed by atoms with Crippen molar-refractivity contribution >= 4 is 5.91 Å². The lowest BCUT2D eigenvalue weighted by Crippen LogP contribution is -2.42. The van der Waals surface area contributed by atoms with Gasteiger partial charge in [0.15, 0.2) is 0 Å². The maximum atomic E-state index is 12.6. The van der Waals surface area contributed by atoms with Crippen LogP contribution in [0.15, 0.2) is 18.5 Å². The fourth-order valence-electron chi connectivity index (χ4n) is 2.59. The van der Waals surface area contributed by atoms with Crippen molar-refractivity contribution in [1.29, 1.82) is 0 Å². The number of carbonyl (C=O) groups excluding carboxylic acids is 1. The third-order valence-corrected chi connectivity index (χ3v) is 3.67. The molecule has 0 saturated carbocycles. The molecule has 2 aromatic rings. The van der Waals surface area contributed by atoms with Gasteiger partial charge in [-0.1, -0.05) is 0 Å². The summed E-state index contributed by atoms with van der Waals surface area (Å²) in [4.78, 5) is 31.3. The SMILES string of the molecule is Cc1cnc(C(=O)N2CCOC(c3cc(C)nc(C)n3)C2)cn1. The van der Waals surface area contributed by atoms with Crippen LogP contribution < -0.4 is 0 Å². The standard InChI is InChI=1S/C16H19N5O2/c1-10-6-13(20-12(3)19-10)15-9-21(4-5-23-15)16(22)14-8-17-11(2)7-18-14/h6-8,15H,4-5,9H2,1-3H3. The minimum atomic E-state index is -0.244. The summed E-state index contributed by atoms with van der Waals surface area (Å²) in [5.41, 5.74) is 2.84. The van der Waals surface area contributed by atoms with E-state index in [0.717, 1.165) is 17.1 Å². The highest BCUT2D eigenvalue weighted by atomic mass is 16.5. The highest BCUT2D eigenvalue weighted by Gasteiger charge is 2.28. The molecule has 23 heavy (non-hydrogen) atoms. The van der Waals surface area contributed by atoms with E-state index >= 15 is 0 Å². The van der Waals surface area contributed by atoms with Gasteiger partial charge in [-0.05, 0) is 26.8 Å². The lowest BCUT2D eigenvalue weighted by molar-refractivity contribution is -0.0250. The van der Waals surface area contributed by atoms with Gasteiger partial charge in [0.2, 0.25) is 0 Å². The Bertz CT molecular complexity index is 697. The van der Waals surface area contributed by atoms with Crippen LogP contribution in [0.25, 0.3) is 0 Å². The van der Waals surface area contributed by atoms with Crippen LogP contribution in [0.3, 0.4) is 0 Å². The van der Waals surface area contributed by atoms with Crippen molar-refractivity contribution < 1.29 is 9.53 Å². The number of amides is 1. The Morgan fingerprint density at radius 1 is 1.17 bits per heavy atom. The number of rotatable bonds is 2. The molecule has 0 aliphatic carbocycles. The third kappa shape index (κ3) is 3.50. The molecular formula is C16H19N5O2. The first-order valence-electron chi connectivity index (χ1n) is 7.54. The van der Waals surface area contributed by atoms with Crippen molar-refractivity contribution in [2.45, 2.75) is 26.9 Å². The first-order valence-corrected chi connectivity index (χ1v) is 7.54. The molecule has 7 heteroatoms. The van der Waals surface area contributed by atoms with Crippen molar-refractivity contribution in [3.05, 3.63) is 47.1 Å². The van der Waals surface area contributed by atoms with Crippen LogP contribution in [0.4, 0.5) is 0 Å². The Balaban J connectivity index is 1.77. The van der Waals surface area contributed by atoms with E-state index in [9.17, 15) is 4.79 Å². The van der Waals surface area contributed by atoms with Crippen molar-refractivity contribution in [3.63, 3.8) is 0 Å². The van der Waals surface area contributed by atoms with E-state index in [-0.39, 0.29) is 12.0 Å². The van der Waals surface area contributed by atoms with Crippen molar-refractivity contribution in [2.75, 3.05) is 19.7 Å². The van der Waals surface area contributed by atoms with Gasteiger partial charge in [-0.25, -0.2) is 15.0 Å². The predicted molar refractivity (Wildman–Crippen MR) is 82.9 cm³/mol. The van der Waals surface area contributed by atoms with E-state index in [1.165, 1.54) is 6.20 Å². The Labute approximate surface area is 134 Å². The second-order valence-electron chi connectivity index (χ2n) is 5.64. The molecule has 1 saturated heterocycles. The Morgan fingerprint density at radius 2 is 2.00 bits per heavy atom. The van der Waals surface area contributed by atoms with Gasteiger partial charge in [-0.2, -0.15) is 0 Å². The largest absolute Gasteiger partial charge is 0.368 e. The van der Waals surface area contributed by atoms with Crippen LogP contribution in [0.5, 0.6) is 0 Å². The number of ether oxygens (including phenoxy) is 1. The minimum absolute atomic E-state index is 0.131. The molecule has 1 fully saturated rings. The predicted octanol–water partition coefficient (Wildman–Crippen LogP) is 1.41. The summed E-state index contributed by atoms with van der Waals surface area (Å²) in [5, 5.41) is 0. The first-order chi connectivity index (χ1) is 11.0. The molecule has 7 nitrogen and oxygen atoms in total. The molecule has 1 aliphatic rings. The molecule has 1 atom stereocenters. The molecular weight excluding hydrogens is 294 g/mol. The zero-order valence-electron chi connectivity index (χ0n) is 13.5. The average Bonchev–Trinajstić information content (AvgIpc) is 2.54. The van der Waals surface area contributed by atoms with E-state index in [1.807, 2.05) is 26.8 Å². The number of aryl methyl sites for hydroxylation is 3. The maximum Gasteiger partial charge on any atom is 0.274 e. The summed E-state index contributed by atoms with van der Waals surface area (Å²) >= 11 is 0. The number of carbonyl (C=O) groups is 1. The van der Waals surface area contributed by atoms with Crippen molar-refractivity contribution in [1.82, 2.24) is 24.8 Å². The van der Waals surface area contributed by atoms with Crippen molar-refractivity contribution in [3.8, 4) is 0 Å². The van der Waals surface area contributed by atoms with E-state index in [0.29, 0.717) is 31.2 Å². The molecule has 1 unspecified atom stereocenters. The van der Waals surface area contributed by atoms with Crippen LogP contribution >= 0.6 is 0 Å². The van der Waals surface area contributed by atoms with Crippen LogP contribution in [-0.2, 0) is 4.74 Å². The molecule has 0 N–H and O–H groups in total. The van der Waals surface area contributed by atoms with E-state index in [1.54, 1.807) is 11.1 Å². The molecule has 0 radical (unpaired) electrons. The Hall–Kier alpha value is -2.41. The molecule has 120 valence electrons. The third-order valence-electron chi connectivity index (χ3n) is 3.67. The monoisotopic (exact) mass is 313 g/mol. The molecule has 1 amide bonds. The second-order valence-corrected chi connectivity index (χ2v) is 5.64. The summed E-state index contributed by atoms with van der Waals surface area (Å²) in [5.74, 6) is 0.574. The van der Waals surface area contributed by atoms with Crippen LogP contribution in [-0.4, -0.2) is 50.4 Å². The molecule has 1 aliphatic heterocycles. The highest BCUT2D eigenvalue weighted by Crippen LogP contribution is 2.22. The van der Waals surface area contributed by atoms with E-state index in [4.69, 9.17) is 4.74 Å². The molecule has 0 bridgehead atoms. The summed E-state index contributed by atoms with van der Waals surface area (Å²) < 4.78 is 5.79. The first kappa shape index (κ1) is 15.5. The highest BCUT2D eigenvalue weighted by molar-refractivity contribution is 5.92. The van der Waals surface area contributed by atoms with E-state index in [2.05, 4.69) is 19.9 Å². The molecule has 0 aromatic carbocycles. The summed E-state index contributed by atoms with van der Waals surface area (Å²) in [7, 11) is 0. The van der Waals surface area contributed by atoms with Gasteiger partial charge in [0.25, 0.3) is 5.91 Å². The molecule has 3 rings (SSSR count). The minimum Gasteiger partial charge on any atom is -0.368 e. The van der Waals surface area contributed by atoms with Gasteiger partial charge in [0, 0.05) is 18.4 Å². The number of morpholine rings is 1. The normalized spacial score (nSPS) is 18.0. The zero-order chi connectivity index (χ0) is 16.4. The fraction of sp³-hybridized carbons (Fsp3) is 0.438. The molecule has 0 spiro atoms. The second kappa shape index (κ2) is 6.37. The van der Waals surface area contributed by atoms with Gasteiger partial charge in [-0.15, -0.1) is 0 Å². The molecule has 2 aromatic heterocycles. The van der Waals surface area contributed by atoms with Crippen molar-refractivity contribution in [2.24, 2.45) is 0 Å². The quantitative estimate of drug-likeness (QED) is 0.834. The lowest BCUT2D eigenvalue weighted by Gasteiger charge is -2.32. The van der Waals surface area contributed by atoms with Crippen LogP contribution in [0, 0.1) is 20.8 Å². The van der Waals surface area contributed by atoms with Gasteiger partial charge >= 0.3 is 0 Å². The zero-order valence-corrected chi connectivity index (χ0v) is 13.5. The molecule has 3 heterocycles. The van der Waals surface area contributed by atoms with Gasteiger partial charge < -0.3 is 9.64 Å². The van der Waals surface area contributed by atoms with Gasteiger partial charge in [-0.3, -0.25) is 9.78 Å². The number of hydrogen-bond donors (Lipinski definition) is 0. The summed E-state index contributed by atoms with van der Waals surface area (Å²) in [6, 6.07) is 1.90. The number of aromatic nitrogens is 4. The lowest BCUT2D eigenvalue weighted by atomic mass is 10.1. The Kier molecular flexibility index (Phi) is 4.29. The van der Waals surface area contributed by atoms with E-state index < -0.39 is 0 Å². The smallest absolute Gasteiger partial charge is 0.274 e. The Morgan fingerprint density at radius 3 is 2.70 bits per heavy atom. The van der Waals surface area contributed by atoms with Gasteiger partial charge in [0.05, 0.1) is 30.7 Å². The number of hydrogen-bond acceptors (Lipinski definition) is 6. The number of nitrogens with zero attached hydrogens (tertiary/aromatic N) is 5. The fourth-order valence-corrected chi connectivity index (χ4v) is 2.59. The maximum absolute atomic E-state index is 12.6. The topological polar surface area (TPSA) is 81.1 Å². The van der Waals surface area contributed by atoms with Gasteiger partial charge in [0.1, 0.15) is 17.6 Å². The summed E-state index contributed by atoms with van der Waals surface area (Å²) in [6.45, 7) is 7.07. The summed E-state index contributed by atoms with van der Waals surface area (Å²) in [6.07, 6.45) is 2.87.